The van der Waals surface area contributed by atoms with Crippen LogP contribution in [-0.2, 0) is 0 Å². The van der Waals surface area contributed by atoms with Crippen LogP contribution < -0.4 is 27.8 Å². The SMILES string of the molecule is O=C(O)c1[nH]c(=O)[nH]c(=O)c1Nn1c(=O)c1=O. The van der Waals surface area contributed by atoms with E-state index in [1.54, 1.807) is 4.98 Å². The van der Waals surface area contributed by atoms with Crippen molar-refractivity contribution in [3.8, 4) is 0 Å². The highest BCUT2D eigenvalue weighted by atomic mass is 16.4. The maximum atomic E-state index is 11.3. The van der Waals surface area contributed by atoms with Crippen LogP contribution in [0.2, 0.25) is 0 Å². The van der Waals surface area contributed by atoms with Crippen LogP contribution in [0.3, 0.4) is 0 Å². The minimum Gasteiger partial charge on any atom is -0.477 e. The standard InChI is InChI=1S/C7H4N4O6/c12-3-1(10-11-4(13)5(11)14)2(6(15)16)8-7(17)9-3/h10H,(H,15,16)(H2,8,9,12,17). The average molecular weight is 240 g/mol. The molecule has 0 atom stereocenters. The molecule has 2 aromatic rings. The molecule has 0 amide bonds. The highest BCUT2D eigenvalue weighted by molar-refractivity contribution is 5.91. The predicted octanol–water partition coefficient (Wildman–Crippen LogP) is -2.97. The van der Waals surface area contributed by atoms with Gasteiger partial charge in [-0.2, -0.15) is 4.68 Å². The number of H-pyrrole nitrogens is 2. The molecule has 0 aliphatic rings. The van der Waals surface area contributed by atoms with Gasteiger partial charge in [-0.15, -0.1) is 0 Å². The predicted molar refractivity (Wildman–Crippen MR) is 53.0 cm³/mol. The normalized spacial score (nSPS) is 10.6. The molecule has 2 rings (SSSR count). The van der Waals surface area contributed by atoms with Crippen LogP contribution in [-0.4, -0.2) is 25.7 Å². The first-order valence-electron chi connectivity index (χ1n) is 4.17. The first-order valence-corrected chi connectivity index (χ1v) is 4.17. The third-order valence-electron chi connectivity index (χ3n) is 1.92. The van der Waals surface area contributed by atoms with E-state index in [-0.39, 0.29) is 0 Å². The molecule has 0 spiro atoms. The Kier molecular flexibility index (Phi) is 2.06. The molecule has 0 saturated heterocycles. The molecule has 0 unspecified atom stereocenters. The summed E-state index contributed by atoms with van der Waals surface area (Å²) in [4.78, 5) is 57.8. The van der Waals surface area contributed by atoms with Gasteiger partial charge >= 0.3 is 22.8 Å². The molecule has 4 N–H and O–H groups in total. The van der Waals surface area contributed by atoms with Crippen LogP contribution >= 0.6 is 0 Å². The number of hydrogen-bond donors (Lipinski definition) is 4. The van der Waals surface area contributed by atoms with Gasteiger partial charge in [-0.1, -0.05) is 0 Å². The summed E-state index contributed by atoms with van der Waals surface area (Å²) in [5.74, 6) is -1.59. The third-order valence-corrected chi connectivity index (χ3v) is 1.92. The fourth-order valence-electron chi connectivity index (χ4n) is 1.10. The smallest absolute Gasteiger partial charge is 0.354 e. The van der Waals surface area contributed by atoms with Crippen molar-refractivity contribution in [1.29, 1.82) is 0 Å². The molecule has 0 fully saturated rings. The van der Waals surface area contributed by atoms with Crippen LogP contribution in [0.5, 0.6) is 0 Å². The zero-order chi connectivity index (χ0) is 12.7. The number of aromatic nitrogens is 3. The molecule has 0 aliphatic carbocycles. The quantitative estimate of drug-likeness (QED) is 0.417. The maximum absolute atomic E-state index is 11.3. The molecule has 10 heteroatoms. The van der Waals surface area contributed by atoms with Gasteiger partial charge in [0.25, 0.3) is 5.56 Å². The van der Waals surface area contributed by atoms with E-state index < -0.39 is 39.7 Å². The lowest BCUT2D eigenvalue weighted by Gasteiger charge is -2.03. The number of carbonyl (C=O) groups is 1. The average Bonchev–Trinajstić information content (AvgIpc) is 2.79. The first-order chi connectivity index (χ1) is 7.91. The van der Waals surface area contributed by atoms with Gasteiger partial charge in [0.05, 0.1) is 0 Å². The second-order valence-corrected chi connectivity index (χ2v) is 3.02. The molecule has 0 saturated carbocycles. The topological polar surface area (TPSA) is 154 Å². The van der Waals surface area contributed by atoms with Gasteiger partial charge in [0.1, 0.15) is 0 Å². The van der Waals surface area contributed by atoms with Gasteiger partial charge in [0, 0.05) is 0 Å². The molecule has 0 radical (unpaired) electrons. The molecule has 2 heterocycles. The van der Waals surface area contributed by atoms with Crippen LogP contribution in [0.1, 0.15) is 10.5 Å². The Labute approximate surface area is 89.8 Å². The largest absolute Gasteiger partial charge is 0.477 e. The third kappa shape index (κ3) is 1.67. The van der Waals surface area contributed by atoms with Crippen molar-refractivity contribution in [2.75, 3.05) is 5.43 Å². The highest BCUT2D eigenvalue weighted by Gasteiger charge is 2.22. The number of carboxylic acid groups (broad SMARTS) is 1. The summed E-state index contributed by atoms with van der Waals surface area (Å²) in [6.45, 7) is 0. The van der Waals surface area contributed by atoms with Crippen molar-refractivity contribution < 1.29 is 9.90 Å². The summed E-state index contributed by atoms with van der Waals surface area (Å²) in [7, 11) is 0. The molecule has 2 aromatic heterocycles. The zero-order valence-electron chi connectivity index (χ0n) is 7.94. The monoisotopic (exact) mass is 240 g/mol. The number of aromatic carboxylic acids is 1. The summed E-state index contributed by atoms with van der Waals surface area (Å²) in [6, 6.07) is 0. The van der Waals surface area contributed by atoms with Gasteiger partial charge in [-0.3, -0.25) is 29.8 Å². The summed E-state index contributed by atoms with van der Waals surface area (Å²) in [5, 5.41) is 8.73. The molecular formula is C7H4N4O6. The second kappa shape index (κ2) is 3.30. The molecule has 10 nitrogen and oxygen atoms in total. The fourth-order valence-corrected chi connectivity index (χ4v) is 1.10. The molecule has 17 heavy (non-hydrogen) atoms. The number of anilines is 1. The summed E-state index contributed by atoms with van der Waals surface area (Å²) in [6.07, 6.45) is 0. The lowest BCUT2D eigenvalue weighted by molar-refractivity contribution is 0.0691. The van der Waals surface area contributed by atoms with E-state index in [1.165, 1.54) is 0 Å². The number of aromatic amines is 2. The summed E-state index contributed by atoms with van der Waals surface area (Å²) >= 11 is 0. The van der Waals surface area contributed by atoms with Crippen molar-refractivity contribution in [1.82, 2.24) is 14.6 Å². The van der Waals surface area contributed by atoms with Crippen LogP contribution in [0, 0.1) is 0 Å². The van der Waals surface area contributed by atoms with E-state index in [0.29, 0.717) is 4.68 Å². The fraction of sp³-hybridized carbons (Fsp3) is 0. The number of nitrogens with zero attached hydrogens (tertiary/aromatic N) is 1. The highest BCUT2D eigenvalue weighted by Crippen LogP contribution is 2.03. The Morgan fingerprint density at radius 2 is 1.71 bits per heavy atom. The molecular weight excluding hydrogens is 236 g/mol. The van der Waals surface area contributed by atoms with E-state index in [9.17, 15) is 24.0 Å². The van der Waals surface area contributed by atoms with E-state index >= 15 is 0 Å². The molecule has 0 aromatic carbocycles. The Hall–Kier alpha value is -2.91. The number of nitrogens with one attached hydrogen (secondary N) is 3. The second-order valence-electron chi connectivity index (χ2n) is 3.02. The number of carboxylic acids is 1. The van der Waals surface area contributed by atoms with Gasteiger partial charge in [0.2, 0.25) is 0 Å². The van der Waals surface area contributed by atoms with Crippen LogP contribution in [0.4, 0.5) is 5.69 Å². The number of rotatable bonds is 3. The van der Waals surface area contributed by atoms with Crippen LogP contribution in [0.15, 0.2) is 19.2 Å². The van der Waals surface area contributed by atoms with Gasteiger partial charge in [-0.05, 0) is 0 Å². The van der Waals surface area contributed by atoms with Gasteiger partial charge < -0.3 is 5.11 Å². The minimum atomic E-state index is -1.59. The first kappa shape index (κ1) is 10.6. The Morgan fingerprint density at radius 1 is 1.12 bits per heavy atom. The maximum Gasteiger partial charge on any atom is 0.354 e. The minimum absolute atomic E-state index is 0.440. The van der Waals surface area contributed by atoms with Gasteiger partial charge in [0.15, 0.2) is 11.4 Å². The summed E-state index contributed by atoms with van der Waals surface area (Å²) in [5.41, 5.74) is -3.23. The lowest BCUT2D eigenvalue weighted by Crippen LogP contribution is -2.30. The van der Waals surface area contributed by atoms with Gasteiger partial charge in [-0.25, -0.2) is 9.59 Å². The zero-order valence-corrected chi connectivity index (χ0v) is 7.94. The van der Waals surface area contributed by atoms with Crippen molar-refractivity contribution >= 4 is 11.7 Å². The summed E-state index contributed by atoms with van der Waals surface area (Å²) < 4.78 is 0.440. The molecule has 88 valence electrons. The van der Waals surface area contributed by atoms with E-state index in [0.717, 1.165) is 0 Å². The lowest BCUT2D eigenvalue weighted by atomic mass is 10.3. The number of hydrogen-bond acceptors (Lipinski definition) is 6. The van der Waals surface area contributed by atoms with Crippen LogP contribution in [0.25, 0.3) is 0 Å². The van der Waals surface area contributed by atoms with E-state index in [1.807, 2.05) is 10.4 Å². The Bertz CT molecular complexity index is 760. The Balaban J connectivity index is 2.60. The van der Waals surface area contributed by atoms with Crippen molar-refractivity contribution in [2.45, 2.75) is 0 Å². The van der Waals surface area contributed by atoms with Crippen molar-refractivity contribution in [2.24, 2.45) is 0 Å². The van der Waals surface area contributed by atoms with E-state index in [2.05, 4.69) is 0 Å². The van der Waals surface area contributed by atoms with Crippen molar-refractivity contribution in [3.63, 3.8) is 0 Å². The molecule has 0 aliphatic heterocycles. The van der Waals surface area contributed by atoms with E-state index in [4.69, 9.17) is 5.11 Å². The van der Waals surface area contributed by atoms with Crippen molar-refractivity contribution in [3.05, 3.63) is 47.2 Å². The molecule has 0 bridgehead atoms. The Morgan fingerprint density at radius 3 is 2.18 bits per heavy atom.